The van der Waals surface area contributed by atoms with Crippen LogP contribution in [0.1, 0.15) is 226 Å². The van der Waals surface area contributed by atoms with Gasteiger partial charge in [0.2, 0.25) is 0 Å². The van der Waals surface area contributed by atoms with Gasteiger partial charge in [-0.25, -0.2) is 9.36 Å². The fourth-order valence-corrected chi connectivity index (χ4v) is 7.49. The van der Waals surface area contributed by atoms with Crippen molar-refractivity contribution in [1.82, 2.24) is 0 Å². The van der Waals surface area contributed by atoms with Crippen LogP contribution in [-0.4, -0.2) is 49.3 Å². The molecule has 56 heavy (non-hydrogen) atoms. The molecule has 0 aromatic rings. The summed E-state index contributed by atoms with van der Waals surface area (Å²) in [6.07, 6.45) is 47.1. The number of unbranched alkanes of at least 4 members (excludes halogenated alkanes) is 30. The van der Waals surface area contributed by atoms with Crippen molar-refractivity contribution < 1.29 is 37.6 Å². The van der Waals surface area contributed by atoms with E-state index in [1.165, 1.54) is 179 Å². The SMILES string of the molecule is CCCCCCCCCCCCC/C=C/C=C/C(=O)O[C@H](COC(=O)CCCCCCCCCCCCCCCCCCCCCC)COP(=O)(O)OCCN. The molecule has 0 bridgehead atoms. The molecule has 1 unspecified atom stereocenters. The summed E-state index contributed by atoms with van der Waals surface area (Å²) < 4.78 is 32.6. The van der Waals surface area contributed by atoms with E-state index in [9.17, 15) is 19.0 Å². The molecule has 0 amide bonds. The second-order valence-electron chi connectivity index (χ2n) is 15.7. The number of allylic oxidation sites excluding steroid dienone is 3. The van der Waals surface area contributed by atoms with Gasteiger partial charge < -0.3 is 20.1 Å². The predicted octanol–water partition coefficient (Wildman–Crippen LogP) is 13.6. The Kier molecular flexibility index (Phi) is 41.9. The summed E-state index contributed by atoms with van der Waals surface area (Å²) in [7, 11) is -4.40. The molecule has 0 aromatic heterocycles. The largest absolute Gasteiger partial charge is 0.472 e. The Morgan fingerprint density at radius 3 is 1.41 bits per heavy atom. The first kappa shape index (κ1) is 54.5. The van der Waals surface area contributed by atoms with E-state index in [1.807, 2.05) is 12.2 Å². The smallest absolute Gasteiger partial charge is 0.462 e. The van der Waals surface area contributed by atoms with Gasteiger partial charge in [0.05, 0.1) is 13.2 Å². The Morgan fingerprint density at radius 1 is 0.571 bits per heavy atom. The van der Waals surface area contributed by atoms with E-state index >= 15 is 0 Å². The highest BCUT2D eigenvalue weighted by molar-refractivity contribution is 7.47. The summed E-state index contributed by atoms with van der Waals surface area (Å²) in [5, 5.41) is 0. The molecule has 0 fully saturated rings. The van der Waals surface area contributed by atoms with Gasteiger partial charge in [-0.3, -0.25) is 13.8 Å². The molecular weight excluding hydrogens is 725 g/mol. The lowest BCUT2D eigenvalue weighted by Gasteiger charge is -2.19. The summed E-state index contributed by atoms with van der Waals surface area (Å²) in [6, 6.07) is 0. The van der Waals surface area contributed by atoms with Crippen molar-refractivity contribution >= 4 is 19.8 Å². The molecule has 0 aliphatic carbocycles. The molecule has 9 nitrogen and oxygen atoms in total. The Hall–Kier alpha value is -1.51. The molecule has 2 atom stereocenters. The van der Waals surface area contributed by atoms with Gasteiger partial charge in [0.1, 0.15) is 6.61 Å². The van der Waals surface area contributed by atoms with Gasteiger partial charge in [0.15, 0.2) is 6.10 Å². The zero-order valence-electron chi connectivity index (χ0n) is 36.4. The number of carbonyl (C=O) groups excluding carboxylic acids is 2. The normalized spacial score (nSPS) is 13.4. The van der Waals surface area contributed by atoms with Crippen LogP contribution >= 0.6 is 7.82 Å². The molecule has 0 aromatic carbocycles. The number of esters is 2. The first-order valence-electron chi connectivity index (χ1n) is 23.4. The highest BCUT2D eigenvalue weighted by Gasteiger charge is 2.25. The molecule has 3 N–H and O–H groups in total. The third kappa shape index (κ3) is 42.1. The van der Waals surface area contributed by atoms with Gasteiger partial charge in [-0.2, -0.15) is 0 Å². The second kappa shape index (κ2) is 43.1. The van der Waals surface area contributed by atoms with Crippen LogP contribution < -0.4 is 5.73 Å². The topological polar surface area (TPSA) is 134 Å². The highest BCUT2D eigenvalue weighted by atomic mass is 31.2. The quantitative estimate of drug-likeness (QED) is 0.0203. The van der Waals surface area contributed by atoms with Crippen LogP contribution in [0.3, 0.4) is 0 Å². The zero-order valence-corrected chi connectivity index (χ0v) is 37.3. The minimum Gasteiger partial charge on any atom is -0.462 e. The lowest BCUT2D eigenvalue weighted by Crippen LogP contribution is -2.29. The maximum atomic E-state index is 12.5. The number of phosphoric ester groups is 1. The van der Waals surface area contributed by atoms with Crippen LogP contribution in [0, 0.1) is 0 Å². The monoisotopic (exact) mass is 814 g/mol. The lowest BCUT2D eigenvalue weighted by atomic mass is 10.0. The van der Waals surface area contributed by atoms with Gasteiger partial charge in [-0.05, 0) is 19.3 Å². The third-order valence-electron chi connectivity index (χ3n) is 10.2. The van der Waals surface area contributed by atoms with E-state index in [4.69, 9.17) is 24.3 Å². The standard InChI is InChI=1S/C46H88NO8P/c1-3-5-7-9-11-13-15-17-19-20-21-22-23-25-26-28-30-32-34-36-38-45(48)52-42-44(43-54-56(50,51)53-41-40-47)55-46(49)39-37-35-33-31-29-27-24-18-16-14-12-10-8-6-4-2/h33,35,37,39,44H,3-32,34,36,38,40-43,47H2,1-2H3,(H,50,51)/b35-33+,39-37+/t44-/m1/s1. The average Bonchev–Trinajstić information content (AvgIpc) is 3.18. The third-order valence-corrected chi connectivity index (χ3v) is 11.2. The molecule has 330 valence electrons. The highest BCUT2D eigenvalue weighted by Crippen LogP contribution is 2.43. The minimum absolute atomic E-state index is 0.0427. The maximum absolute atomic E-state index is 12.5. The molecule has 0 saturated heterocycles. The van der Waals surface area contributed by atoms with Crippen molar-refractivity contribution in [2.45, 2.75) is 232 Å². The van der Waals surface area contributed by atoms with Crippen molar-refractivity contribution in [2.75, 3.05) is 26.4 Å². The number of phosphoric acid groups is 1. The summed E-state index contributed by atoms with van der Waals surface area (Å²) in [4.78, 5) is 34.8. The lowest BCUT2D eigenvalue weighted by molar-refractivity contribution is -0.157. The van der Waals surface area contributed by atoms with Crippen LogP contribution in [0.25, 0.3) is 0 Å². The first-order valence-corrected chi connectivity index (χ1v) is 24.9. The summed E-state index contributed by atoms with van der Waals surface area (Å²) in [5.74, 6) is -1.07. The van der Waals surface area contributed by atoms with Gasteiger partial charge in [0, 0.05) is 19.0 Å². The van der Waals surface area contributed by atoms with Gasteiger partial charge >= 0.3 is 19.8 Å². The minimum atomic E-state index is -4.40. The zero-order chi connectivity index (χ0) is 41.1. The van der Waals surface area contributed by atoms with Gasteiger partial charge in [-0.1, -0.05) is 218 Å². The van der Waals surface area contributed by atoms with Gasteiger partial charge in [0.25, 0.3) is 0 Å². The Labute approximate surface area is 344 Å². The van der Waals surface area contributed by atoms with Crippen molar-refractivity contribution in [3.8, 4) is 0 Å². The van der Waals surface area contributed by atoms with Gasteiger partial charge in [-0.15, -0.1) is 0 Å². The maximum Gasteiger partial charge on any atom is 0.472 e. The summed E-state index contributed by atoms with van der Waals surface area (Å²) >= 11 is 0. The number of ether oxygens (including phenoxy) is 2. The number of rotatable bonds is 44. The van der Waals surface area contributed by atoms with E-state index in [2.05, 4.69) is 13.8 Å². The molecular formula is C46H88NO8P. The van der Waals surface area contributed by atoms with E-state index in [-0.39, 0.29) is 26.2 Å². The Balaban J connectivity index is 4.13. The summed E-state index contributed by atoms with van der Waals surface area (Å²) in [5.41, 5.74) is 5.34. The molecule has 10 heteroatoms. The van der Waals surface area contributed by atoms with Crippen molar-refractivity contribution in [3.63, 3.8) is 0 Å². The molecule has 0 spiro atoms. The van der Waals surface area contributed by atoms with Crippen molar-refractivity contribution in [3.05, 3.63) is 24.3 Å². The summed E-state index contributed by atoms with van der Waals surface area (Å²) in [6.45, 7) is 3.64. The van der Waals surface area contributed by atoms with E-state index in [1.54, 1.807) is 6.08 Å². The molecule has 0 saturated carbocycles. The predicted molar refractivity (Wildman–Crippen MR) is 234 cm³/mol. The Bertz CT molecular complexity index is 975. The van der Waals surface area contributed by atoms with Crippen molar-refractivity contribution in [2.24, 2.45) is 5.73 Å². The van der Waals surface area contributed by atoms with Crippen LogP contribution in [0.4, 0.5) is 0 Å². The van der Waals surface area contributed by atoms with Crippen LogP contribution in [0.5, 0.6) is 0 Å². The fourth-order valence-electron chi connectivity index (χ4n) is 6.72. The van der Waals surface area contributed by atoms with Crippen LogP contribution in [-0.2, 0) is 32.7 Å². The van der Waals surface area contributed by atoms with E-state index in [0.717, 1.165) is 32.1 Å². The number of carbonyl (C=O) groups is 2. The van der Waals surface area contributed by atoms with E-state index in [0.29, 0.717) is 0 Å². The van der Waals surface area contributed by atoms with Crippen LogP contribution in [0.2, 0.25) is 0 Å². The molecule has 0 radical (unpaired) electrons. The average molecular weight is 814 g/mol. The van der Waals surface area contributed by atoms with Crippen LogP contribution in [0.15, 0.2) is 24.3 Å². The Morgan fingerprint density at radius 2 is 0.982 bits per heavy atom. The molecule has 0 aliphatic heterocycles. The first-order chi connectivity index (χ1) is 27.3. The van der Waals surface area contributed by atoms with E-state index < -0.39 is 32.5 Å². The molecule has 0 rings (SSSR count). The fraction of sp³-hybridized carbons (Fsp3) is 0.870. The second-order valence-corrected chi connectivity index (χ2v) is 17.2. The number of nitrogens with two attached hydrogens (primary N) is 1. The number of hydrogen-bond acceptors (Lipinski definition) is 8. The number of hydrogen-bond donors (Lipinski definition) is 2. The van der Waals surface area contributed by atoms with Crippen molar-refractivity contribution in [1.29, 1.82) is 0 Å². The molecule has 0 heterocycles. The molecule has 0 aliphatic rings.